The molecular weight excluding hydrogens is 552 g/mol. The van der Waals surface area contributed by atoms with Crippen LogP contribution in [0.15, 0.2) is 120 Å². The number of aliphatic imine (C=N–C) groups is 1. The van der Waals surface area contributed by atoms with E-state index in [2.05, 4.69) is 112 Å². The highest BCUT2D eigenvalue weighted by Gasteiger charge is 2.24. The van der Waals surface area contributed by atoms with Crippen LogP contribution in [0, 0.1) is 10.4 Å². The Morgan fingerprint density at radius 2 is 1.71 bits per heavy atom. The van der Waals surface area contributed by atoms with E-state index in [1.165, 1.54) is 37.6 Å². The van der Waals surface area contributed by atoms with Crippen LogP contribution in [0.2, 0.25) is 0 Å². The van der Waals surface area contributed by atoms with E-state index in [-0.39, 0.29) is 5.92 Å². The minimum absolute atomic E-state index is 0.0820. The molecule has 1 N–H and O–H groups in total. The first-order valence-electron chi connectivity index (χ1n) is 15.7. The minimum Gasteiger partial charge on any atom is -0.351 e. The number of hydrogen-bond acceptors (Lipinski definition) is 4. The molecule has 1 unspecified atom stereocenters. The highest BCUT2D eigenvalue weighted by atomic mass is 16.1. The molecule has 5 nitrogen and oxygen atoms in total. The van der Waals surface area contributed by atoms with Crippen molar-refractivity contribution in [3.63, 3.8) is 0 Å². The Kier molecular flexibility index (Phi) is 8.07. The molecule has 0 saturated heterocycles. The average molecular weight is 589 g/mol. The number of Topliss-reactive ketones (excluding diaryl/α,β-unsaturated/α-hetero) is 1. The lowest BCUT2D eigenvalue weighted by atomic mass is 9.80. The second-order valence-corrected chi connectivity index (χ2v) is 11.8. The van der Waals surface area contributed by atoms with E-state index >= 15 is 0 Å². The summed E-state index contributed by atoms with van der Waals surface area (Å²) in [6.45, 7) is 2.45. The molecule has 4 aromatic carbocycles. The van der Waals surface area contributed by atoms with Crippen molar-refractivity contribution in [2.75, 3.05) is 4.90 Å². The molecule has 1 aliphatic heterocycles. The summed E-state index contributed by atoms with van der Waals surface area (Å²) in [4.78, 5) is 26.4. The van der Waals surface area contributed by atoms with Crippen LogP contribution in [0.1, 0.15) is 53.6 Å². The van der Waals surface area contributed by atoms with Crippen LogP contribution >= 0.6 is 0 Å². The van der Waals surface area contributed by atoms with Gasteiger partial charge in [0.05, 0.1) is 24.3 Å². The van der Waals surface area contributed by atoms with Crippen molar-refractivity contribution in [3.8, 4) is 0 Å². The number of fused-ring (bicyclic) bond motifs is 5. The van der Waals surface area contributed by atoms with Gasteiger partial charge in [-0.3, -0.25) is 9.79 Å². The molecule has 8 rings (SSSR count). The van der Waals surface area contributed by atoms with Crippen LogP contribution in [0.25, 0.3) is 12.2 Å². The fourth-order valence-corrected chi connectivity index (χ4v) is 6.71. The zero-order valence-corrected chi connectivity index (χ0v) is 25.5. The van der Waals surface area contributed by atoms with Crippen molar-refractivity contribution in [1.82, 2.24) is 9.97 Å². The molecule has 0 spiro atoms. The number of ketones is 1. The van der Waals surface area contributed by atoms with Gasteiger partial charge in [0.25, 0.3) is 0 Å². The minimum atomic E-state index is 0.0820. The van der Waals surface area contributed by atoms with Crippen molar-refractivity contribution in [2.45, 2.75) is 45.1 Å². The quantitative estimate of drug-likeness (QED) is 0.255. The van der Waals surface area contributed by atoms with Crippen molar-refractivity contribution >= 4 is 29.8 Å². The molecule has 222 valence electrons. The van der Waals surface area contributed by atoms with Crippen molar-refractivity contribution < 1.29 is 4.79 Å². The molecule has 0 fully saturated rings. The van der Waals surface area contributed by atoms with Crippen LogP contribution in [0.5, 0.6) is 0 Å². The molecule has 3 aliphatic rings. The summed E-state index contributed by atoms with van der Waals surface area (Å²) in [7, 11) is 0. The summed E-state index contributed by atoms with van der Waals surface area (Å²) in [5.74, 6) is 0.384. The lowest BCUT2D eigenvalue weighted by molar-refractivity contribution is -0.118. The predicted octanol–water partition coefficient (Wildman–Crippen LogP) is 6.49. The molecule has 1 atom stereocenters. The molecule has 2 aliphatic carbocycles. The molecule has 2 heterocycles. The van der Waals surface area contributed by atoms with Crippen LogP contribution in [-0.2, 0) is 24.2 Å². The van der Waals surface area contributed by atoms with Crippen LogP contribution in [0.4, 0.5) is 5.69 Å². The van der Waals surface area contributed by atoms with Crippen LogP contribution in [0.3, 0.4) is 0 Å². The maximum Gasteiger partial charge on any atom is 0.137 e. The summed E-state index contributed by atoms with van der Waals surface area (Å²) in [5, 5.41) is 5.19. The predicted molar refractivity (Wildman–Crippen MR) is 182 cm³/mol. The number of para-hydroxylation sites is 1. The number of nitrogens with zero attached hydrogens (tertiary/aromatic N) is 3. The number of allylic oxidation sites excluding steroid dienone is 1. The topological polar surface area (TPSA) is 61.4 Å². The Hall–Kier alpha value is -5.29. The van der Waals surface area contributed by atoms with Crippen molar-refractivity contribution in [1.29, 1.82) is 0 Å². The number of hydrogen-bond donors (Lipinski definition) is 1. The molecule has 45 heavy (non-hydrogen) atoms. The Balaban J connectivity index is 0.000000146. The number of carbonyl (C=O) groups is 1. The molecule has 5 heteroatoms. The van der Waals surface area contributed by atoms with E-state index in [0.29, 0.717) is 12.3 Å². The van der Waals surface area contributed by atoms with E-state index in [4.69, 9.17) is 4.99 Å². The monoisotopic (exact) mass is 588 g/mol. The Labute approximate surface area is 263 Å². The summed E-state index contributed by atoms with van der Waals surface area (Å²) in [6.07, 6.45) is 16.0. The number of aromatic nitrogens is 2. The number of imidazole rings is 1. The van der Waals surface area contributed by atoms with E-state index in [1.807, 2.05) is 24.5 Å². The smallest absolute Gasteiger partial charge is 0.137 e. The molecule has 0 radical (unpaired) electrons. The first-order chi connectivity index (χ1) is 22.1. The number of rotatable bonds is 5. The lowest BCUT2D eigenvalue weighted by Gasteiger charge is -2.23. The zero-order valence-electron chi connectivity index (χ0n) is 25.5. The van der Waals surface area contributed by atoms with E-state index in [0.717, 1.165) is 48.3 Å². The maximum absolute atomic E-state index is 12.1. The molecule has 0 saturated carbocycles. The Morgan fingerprint density at radius 3 is 2.56 bits per heavy atom. The highest BCUT2D eigenvalue weighted by Crippen LogP contribution is 2.29. The van der Waals surface area contributed by atoms with Gasteiger partial charge >= 0.3 is 0 Å². The first-order valence-corrected chi connectivity index (χ1v) is 15.7. The standard InChI is InChI=1S/C20H18N4.C20H18O/c1-2-6-16(7-3-1)10-18-13-24(14-19-12-21-15-23-19)20-9-5-4-8-17(20)11-22-18;1-13(21)16-8-4-6-15-10-11-18-17-7-3-2-5-14(17)9-12-19(18)20(15)16/h1-9,11-13,15H,10,14H2,(H,21,23);2-3,5-7,9-11,16H,4,8,12H2,1H3. The lowest BCUT2D eigenvalue weighted by Crippen LogP contribution is -2.26. The number of H-pyrrole nitrogens is 1. The number of carbonyl (C=O) groups excluding carboxylic acids is 1. The van der Waals surface area contributed by atoms with Gasteiger partial charge in [0.2, 0.25) is 0 Å². The Bertz CT molecular complexity index is 2130. The van der Waals surface area contributed by atoms with Gasteiger partial charge < -0.3 is 9.88 Å². The third-order valence-electron chi connectivity index (χ3n) is 8.86. The van der Waals surface area contributed by atoms with E-state index < -0.39 is 0 Å². The van der Waals surface area contributed by atoms with Gasteiger partial charge in [-0.15, -0.1) is 0 Å². The fourth-order valence-electron chi connectivity index (χ4n) is 6.71. The number of aromatic amines is 1. The zero-order chi connectivity index (χ0) is 30.6. The summed E-state index contributed by atoms with van der Waals surface area (Å²) >= 11 is 0. The summed E-state index contributed by atoms with van der Waals surface area (Å²) in [5.41, 5.74) is 8.21. The number of nitrogens with one attached hydrogen (secondary N) is 1. The SMILES string of the molecule is C1=NC(Cc2ccccc2)=CN(Cc2c[nH]cn2)c2ccccc21.CC(=O)C1CCC=c2ccc3c(c21)CC=c1ccccc1=3. The largest absolute Gasteiger partial charge is 0.351 e. The first kappa shape index (κ1) is 28.5. The average Bonchev–Trinajstić information content (AvgIpc) is 3.54. The summed E-state index contributed by atoms with van der Waals surface area (Å²) in [6, 6.07) is 31.7. The van der Waals surface area contributed by atoms with Gasteiger partial charge in [0.1, 0.15) is 5.78 Å². The third kappa shape index (κ3) is 6.07. The second kappa shape index (κ2) is 12.7. The second-order valence-electron chi connectivity index (χ2n) is 11.8. The fraction of sp³-hybridized carbons (Fsp3) is 0.175. The van der Waals surface area contributed by atoms with Gasteiger partial charge in [-0.1, -0.05) is 97.1 Å². The highest BCUT2D eigenvalue weighted by molar-refractivity contribution is 5.90. The molecule has 0 amide bonds. The molecular formula is C40H36N4O. The van der Waals surface area contributed by atoms with Gasteiger partial charge in [0, 0.05) is 42.2 Å². The normalized spacial score (nSPS) is 15.8. The van der Waals surface area contributed by atoms with Crippen molar-refractivity contribution in [3.05, 3.63) is 164 Å². The van der Waals surface area contributed by atoms with Crippen LogP contribution in [-0.4, -0.2) is 22.0 Å². The third-order valence-corrected chi connectivity index (χ3v) is 8.86. The molecule has 1 aromatic heterocycles. The molecule has 5 aromatic rings. The maximum atomic E-state index is 12.1. The van der Waals surface area contributed by atoms with Crippen LogP contribution < -0.4 is 15.3 Å². The number of anilines is 1. The van der Waals surface area contributed by atoms with Gasteiger partial charge in [-0.25, -0.2) is 4.98 Å². The Morgan fingerprint density at radius 1 is 0.889 bits per heavy atom. The van der Waals surface area contributed by atoms with E-state index in [9.17, 15) is 4.79 Å². The summed E-state index contributed by atoms with van der Waals surface area (Å²) < 4.78 is 0. The van der Waals surface area contributed by atoms with Gasteiger partial charge in [0.15, 0.2) is 0 Å². The number of benzene rings is 4. The van der Waals surface area contributed by atoms with E-state index in [1.54, 1.807) is 13.3 Å². The van der Waals surface area contributed by atoms with Gasteiger partial charge in [-0.2, -0.15) is 0 Å². The van der Waals surface area contributed by atoms with Crippen molar-refractivity contribution in [2.24, 2.45) is 4.99 Å². The van der Waals surface area contributed by atoms with Gasteiger partial charge in [-0.05, 0) is 69.8 Å². The molecule has 0 bridgehead atoms.